The Kier molecular flexibility index (Phi) is 3.61. The van der Waals surface area contributed by atoms with Gasteiger partial charge >= 0.3 is 0 Å². The molecule has 0 unspecified atom stereocenters. The van der Waals surface area contributed by atoms with Crippen molar-refractivity contribution in [3.05, 3.63) is 23.3 Å². The maximum absolute atomic E-state index is 10.5. The van der Waals surface area contributed by atoms with Gasteiger partial charge in [-0.05, 0) is 56.8 Å². The Hall–Kier alpha value is -0.930. The zero-order valence-electron chi connectivity index (χ0n) is 12.5. The van der Waals surface area contributed by atoms with E-state index in [0.717, 1.165) is 24.9 Å². The van der Waals surface area contributed by atoms with Crippen molar-refractivity contribution < 1.29 is 10.2 Å². The lowest BCUT2D eigenvalue weighted by molar-refractivity contribution is 0.00132. The molecule has 2 N–H and O–H groups in total. The largest absolute Gasteiger partial charge is 0.504 e. The summed E-state index contributed by atoms with van der Waals surface area (Å²) >= 11 is 0. The van der Waals surface area contributed by atoms with Gasteiger partial charge in [-0.3, -0.25) is 0 Å². The van der Waals surface area contributed by atoms with Crippen molar-refractivity contribution in [2.24, 2.45) is 5.92 Å². The van der Waals surface area contributed by atoms with Gasteiger partial charge in [0.05, 0.1) is 0 Å². The standard InChI is InChI=1S/C17H23NO2.ClH/c1-18-9-8-17-7-3-2-4-12(17)13(18)10-11-5-6-14(19)16(20)15(11)17;/h5-6,12-13,19-20H,2-4,7-10H2,1H3;1H/t12-,13-,17+;/m0./s1. The first kappa shape index (κ1) is 15.0. The molecule has 21 heavy (non-hydrogen) atoms. The van der Waals surface area contributed by atoms with Crippen LogP contribution in [0.1, 0.15) is 43.2 Å². The van der Waals surface area contributed by atoms with Gasteiger partial charge in [0, 0.05) is 17.0 Å². The second-order valence-electron chi connectivity index (χ2n) is 6.98. The number of benzene rings is 1. The molecule has 3 nitrogen and oxygen atoms in total. The minimum Gasteiger partial charge on any atom is -0.504 e. The van der Waals surface area contributed by atoms with Crippen LogP contribution < -0.4 is 0 Å². The summed E-state index contributed by atoms with van der Waals surface area (Å²) in [7, 11) is 2.24. The van der Waals surface area contributed by atoms with E-state index in [-0.39, 0.29) is 29.3 Å². The fourth-order valence-corrected chi connectivity index (χ4v) is 5.29. The highest BCUT2D eigenvalue weighted by Crippen LogP contribution is 2.58. The predicted octanol–water partition coefficient (Wildman–Crippen LogP) is 3.21. The third-order valence-corrected chi connectivity index (χ3v) is 6.21. The lowest BCUT2D eigenvalue weighted by Gasteiger charge is -2.58. The van der Waals surface area contributed by atoms with Crippen LogP contribution in [0.5, 0.6) is 11.5 Å². The van der Waals surface area contributed by atoms with Crippen LogP contribution in [-0.4, -0.2) is 34.7 Å². The molecule has 0 aromatic heterocycles. The molecule has 0 amide bonds. The molecule has 116 valence electrons. The molecule has 1 aliphatic heterocycles. The van der Waals surface area contributed by atoms with Crippen molar-refractivity contribution in [1.29, 1.82) is 0 Å². The first-order valence-corrected chi connectivity index (χ1v) is 7.88. The minimum atomic E-state index is 0. The van der Waals surface area contributed by atoms with E-state index in [1.807, 2.05) is 6.07 Å². The number of nitrogens with zero attached hydrogens (tertiary/aromatic N) is 1. The van der Waals surface area contributed by atoms with E-state index in [2.05, 4.69) is 11.9 Å². The van der Waals surface area contributed by atoms with E-state index in [4.69, 9.17) is 0 Å². The van der Waals surface area contributed by atoms with Crippen LogP contribution in [0.3, 0.4) is 0 Å². The highest BCUT2D eigenvalue weighted by atomic mass is 35.5. The summed E-state index contributed by atoms with van der Waals surface area (Å²) in [5, 5.41) is 20.4. The van der Waals surface area contributed by atoms with Crippen LogP contribution in [0.4, 0.5) is 0 Å². The third-order valence-electron chi connectivity index (χ3n) is 6.21. The van der Waals surface area contributed by atoms with Gasteiger partial charge in [-0.2, -0.15) is 0 Å². The van der Waals surface area contributed by atoms with Gasteiger partial charge in [-0.1, -0.05) is 18.9 Å². The number of hydrogen-bond donors (Lipinski definition) is 2. The van der Waals surface area contributed by atoms with Gasteiger partial charge in [-0.25, -0.2) is 0 Å². The lowest BCUT2D eigenvalue weighted by Crippen LogP contribution is -2.59. The van der Waals surface area contributed by atoms with Crippen LogP contribution >= 0.6 is 12.4 Å². The fraction of sp³-hybridized carbons (Fsp3) is 0.647. The molecule has 1 saturated heterocycles. The van der Waals surface area contributed by atoms with Crippen LogP contribution in [-0.2, 0) is 11.8 Å². The maximum Gasteiger partial charge on any atom is 0.161 e. The Labute approximate surface area is 132 Å². The molecular weight excluding hydrogens is 286 g/mol. The molecule has 4 rings (SSSR count). The molecule has 3 aliphatic rings. The SMILES string of the molecule is CN1CC[C@]23CCCC[C@H]2[C@@H]1Cc1ccc(O)c(O)c13.Cl. The Balaban J connectivity index is 0.00000132. The van der Waals surface area contributed by atoms with Crippen molar-refractivity contribution in [2.75, 3.05) is 13.6 Å². The van der Waals surface area contributed by atoms with Crippen molar-refractivity contribution in [1.82, 2.24) is 4.90 Å². The second-order valence-corrected chi connectivity index (χ2v) is 6.98. The highest BCUT2D eigenvalue weighted by molar-refractivity contribution is 5.85. The number of fused-ring (bicyclic) bond motifs is 1. The summed E-state index contributed by atoms with van der Waals surface area (Å²) in [4.78, 5) is 2.51. The van der Waals surface area contributed by atoms with E-state index in [1.54, 1.807) is 6.07 Å². The molecular formula is C17H24ClNO2. The fourth-order valence-electron chi connectivity index (χ4n) is 5.29. The summed E-state index contributed by atoms with van der Waals surface area (Å²) in [6.45, 7) is 1.11. The van der Waals surface area contributed by atoms with Crippen molar-refractivity contribution in [3.8, 4) is 11.5 Å². The smallest absolute Gasteiger partial charge is 0.161 e. The lowest BCUT2D eigenvalue weighted by atomic mass is 9.52. The quantitative estimate of drug-likeness (QED) is 0.723. The maximum atomic E-state index is 10.5. The monoisotopic (exact) mass is 309 g/mol. The van der Waals surface area contributed by atoms with Crippen molar-refractivity contribution in [3.63, 3.8) is 0 Å². The van der Waals surface area contributed by atoms with E-state index in [9.17, 15) is 10.2 Å². The summed E-state index contributed by atoms with van der Waals surface area (Å²) in [6, 6.07) is 4.30. The second kappa shape index (κ2) is 5.06. The minimum absolute atomic E-state index is 0. The average Bonchev–Trinajstić information content (AvgIpc) is 2.46. The first-order valence-electron chi connectivity index (χ1n) is 7.88. The Bertz CT molecular complexity index is 562. The number of aromatic hydroxyl groups is 2. The van der Waals surface area contributed by atoms with Gasteiger partial charge < -0.3 is 15.1 Å². The number of likely N-dealkylation sites (tertiary alicyclic amines) is 1. The molecule has 1 aromatic rings. The Morgan fingerprint density at radius 3 is 2.81 bits per heavy atom. The molecule has 0 spiro atoms. The zero-order valence-corrected chi connectivity index (χ0v) is 13.3. The number of phenols is 2. The van der Waals surface area contributed by atoms with E-state index < -0.39 is 0 Å². The number of piperidine rings is 1. The molecule has 1 aromatic carbocycles. The molecule has 0 radical (unpaired) electrons. The van der Waals surface area contributed by atoms with E-state index in [1.165, 1.54) is 31.2 Å². The summed E-state index contributed by atoms with van der Waals surface area (Å²) in [5.41, 5.74) is 2.47. The molecule has 2 aliphatic carbocycles. The van der Waals surface area contributed by atoms with Crippen molar-refractivity contribution in [2.45, 2.75) is 50.0 Å². The van der Waals surface area contributed by atoms with E-state index in [0.29, 0.717) is 12.0 Å². The first-order chi connectivity index (χ1) is 9.63. The highest BCUT2D eigenvalue weighted by Gasteiger charge is 2.54. The Morgan fingerprint density at radius 1 is 1.19 bits per heavy atom. The average molecular weight is 310 g/mol. The topological polar surface area (TPSA) is 43.7 Å². The van der Waals surface area contributed by atoms with Gasteiger partial charge in [0.25, 0.3) is 0 Å². The number of likely N-dealkylation sites (N-methyl/N-ethyl adjacent to an activating group) is 1. The predicted molar refractivity (Wildman–Crippen MR) is 85.4 cm³/mol. The number of phenolic OH excluding ortho intramolecular Hbond substituents is 2. The molecule has 1 heterocycles. The van der Waals surface area contributed by atoms with Gasteiger partial charge in [0.1, 0.15) is 0 Å². The van der Waals surface area contributed by atoms with Gasteiger partial charge in [0.2, 0.25) is 0 Å². The molecule has 2 bridgehead atoms. The summed E-state index contributed by atoms with van der Waals surface area (Å²) < 4.78 is 0. The van der Waals surface area contributed by atoms with Gasteiger partial charge in [-0.15, -0.1) is 12.4 Å². The number of rotatable bonds is 0. The van der Waals surface area contributed by atoms with Crippen molar-refractivity contribution >= 4 is 12.4 Å². The van der Waals surface area contributed by atoms with Crippen LogP contribution in [0.25, 0.3) is 0 Å². The van der Waals surface area contributed by atoms with Crippen LogP contribution in [0.15, 0.2) is 12.1 Å². The summed E-state index contributed by atoms with van der Waals surface area (Å²) in [6.07, 6.45) is 7.14. The molecule has 1 saturated carbocycles. The van der Waals surface area contributed by atoms with Crippen LogP contribution in [0, 0.1) is 5.92 Å². The summed E-state index contributed by atoms with van der Waals surface area (Å²) in [5.74, 6) is 0.868. The molecule has 3 atom stereocenters. The van der Waals surface area contributed by atoms with Crippen LogP contribution in [0.2, 0.25) is 0 Å². The van der Waals surface area contributed by atoms with E-state index >= 15 is 0 Å². The number of halogens is 1. The van der Waals surface area contributed by atoms with Gasteiger partial charge in [0.15, 0.2) is 11.5 Å². The normalized spacial score (nSPS) is 34.5. The number of hydrogen-bond acceptors (Lipinski definition) is 3. The zero-order chi connectivity index (χ0) is 13.9. The Morgan fingerprint density at radius 2 is 2.00 bits per heavy atom. The third kappa shape index (κ3) is 1.90. The molecule has 4 heteroatoms. The molecule has 2 fully saturated rings.